The van der Waals surface area contributed by atoms with Gasteiger partial charge in [-0.3, -0.25) is 4.57 Å². The summed E-state index contributed by atoms with van der Waals surface area (Å²) >= 11 is 1.04. The van der Waals surface area contributed by atoms with E-state index >= 15 is 0 Å². The van der Waals surface area contributed by atoms with E-state index in [1.807, 2.05) is 24.3 Å². The third-order valence-electron chi connectivity index (χ3n) is 5.39. The van der Waals surface area contributed by atoms with Gasteiger partial charge in [0.2, 0.25) is 5.95 Å². The van der Waals surface area contributed by atoms with Crippen LogP contribution in [0.2, 0.25) is 0 Å². The Hall–Kier alpha value is -3.54. The van der Waals surface area contributed by atoms with Crippen LogP contribution in [0.15, 0.2) is 94.8 Å². The molecular formula is C24H17F3N4O2S2. The molecule has 178 valence electrons. The predicted octanol–water partition coefficient (Wildman–Crippen LogP) is 5.57. The number of aromatic nitrogens is 3. The molecule has 0 saturated carbocycles. The molecule has 0 saturated heterocycles. The Labute approximate surface area is 202 Å². The Morgan fingerprint density at radius 3 is 2.29 bits per heavy atom. The van der Waals surface area contributed by atoms with Crippen molar-refractivity contribution in [2.45, 2.75) is 16.4 Å². The van der Waals surface area contributed by atoms with Crippen molar-refractivity contribution in [1.82, 2.24) is 19.3 Å². The first kappa shape index (κ1) is 23.2. The van der Waals surface area contributed by atoms with E-state index in [1.165, 1.54) is 18.2 Å². The van der Waals surface area contributed by atoms with Crippen molar-refractivity contribution in [3.63, 3.8) is 0 Å². The van der Waals surface area contributed by atoms with E-state index in [1.54, 1.807) is 40.5 Å². The van der Waals surface area contributed by atoms with Crippen LogP contribution >= 0.6 is 11.3 Å². The first-order valence-electron chi connectivity index (χ1n) is 10.3. The lowest BCUT2D eigenvalue weighted by molar-refractivity contribution is -0.137. The molecule has 1 unspecified atom stereocenters. The van der Waals surface area contributed by atoms with Crippen LogP contribution in [-0.4, -0.2) is 23.0 Å². The number of sulfonamides is 1. The third kappa shape index (κ3) is 4.57. The van der Waals surface area contributed by atoms with E-state index in [4.69, 9.17) is 0 Å². The fourth-order valence-electron chi connectivity index (χ4n) is 3.81. The molecule has 0 aliphatic carbocycles. The summed E-state index contributed by atoms with van der Waals surface area (Å²) in [5.41, 5.74) is 0.685. The normalized spacial score (nSPS) is 13.2. The molecule has 3 heterocycles. The van der Waals surface area contributed by atoms with Crippen molar-refractivity contribution >= 4 is 32.3 Å². The van der Waals surface area contributed by atoms with Crippen LogP contribution in [0.4, 0.5) is 13.2 Å². The minimum atomic E-state index is -4.52. The standard InChI is InChI=1S/C24H17F3N4O2S2/c25-24(26,27)18-10-8-16(9-11-18)22(30-35(32,33)21-7-3-14-34-21)20-15-17-5-1-2-6-19(17)31(20)23-28-12-4-13-29-23/h1-15,22,30H. The lowest BCUT2D eigenvalue weighted by Gasteiger charge is -2.21. The molecular weight excluding hydrogens is 497 g/mol. The number of hydrogen-bond donors (Lipinski definition) is 1. The van der Waals surface area contributed by atoms with Crippen molar-refractivity contribution in [2.75, 3.05) is 0 Å². The summed E-state index contributed by atoms with van der Waals surface area (Å²) in [5, 5.41) is 2.43. The number of halogens is 3. The van der Waals surface area contributed by atoms with Gasteiger partial charge < -0.3 is 0 Å². The molecule has 5 rings (SSSR count). The van der Waals surface area contributed by atoms with Crippen molar-refractivity contribution < 1.29 is 21.6 Å². The molecule has 0 spiro atoms. The molecule has 0 bridgehead atoms. The molecule has 1 atom stereocenters. The number of rotatable bonds is 6. The molecule has 5 aromatic rings. The molecule has 2 aromatic carbocycles. The highest BCUT2D eigenvalue weighted by molar-refractivity contribution is 7.91. The van der Waals surface area contributed by atoms with Gasteiger partial charge in [0.1, 0.15) is 4.21 Å². The van der Waals surface area contributed by atoms with E-state index in [2.05, 4.69) is 14.7 Å². The maximum absolute atomic E-state index is 13.2. The minimum Gasteiger partial charge on any atom is -0.280 e. The van der Waals surface area contributed by atoms with Gasteiger partial charge in [0.25, 0.3) is 10.0 Å². The highest BCUT2D eigenvalue weighted by atomic mass is 32.2. The molecule has 6 nitrogen and oxygen atoms in total. The number of nitrogens with one attached hydrogen (secondary N) is 1. The Bertz CT molecular complexity index is 1570. The molecule has 0 radical (unpaired) electrons. The molecule has 0 amide bonds. The molecule has 0 aliphatic rings. The molecule has 0 fully saturated rings. The first-order valence-corrected chi connectivity index (χ1v) is 12.7. The average molecular weight is 515 g/mol. The average Bonchev–Trinajstić information content (AvgIpc) is 3.52. The van der Waals surface area contributed by atoms with Crippen LogP contribution in [0.5, 0.6) is 0 Å². The maximum atomic E-state index is 13.2. The van der Waals surface area contributed by atoms with Crippen LogP contribution in [0, 0.1) is 0 Å². The SMILES string of the molecule is O=S(=O)(NC(c1ccc(C(F)(F)F)cc1)c1cc2ccccc2n1-c1ncccn1)c1cccs1. The Morgan fingerprint density at radius 2 is 1.63 bits per heavy atom. The molecule has 0 aliphatic heterocycles. The Morgan fingerprint density at radius 1 is 0.914 bits per heavy atom. The number of thiophene rings is 1. The summed E-state index contributed by atoms with van der Waals surface area (Å²) in [5.74, 6) is 0.302. The van der Waals surface area contributed by atoms with E-state index < -0.39 is 27.8 Å². The van der Waals surface area contributed by atoms with Crippen molar-refractivity contribution in [1.29, 1.82) is 0 Å². The fourth-order valence-corrected chi connectivity index (χ4v) is 6.02. The van der Waals surface area contributed by atoms with E-state index in [0.717, 1.165) is 34.4 Å². The van der Waals surface area contributed by atoms with Gasteiger partial charge in [0, 0.05) is 23.5 Å². The predicted molar refractivity (Wildman–Crippen MR) is 127 cm³/mol. The van der Waals surface area contributed by atoms with Crippen molar-refractivity contribution in [3.8, 4) is 5.95 Å². The molecule has 3 aromatic heterocycles. The summed E-state index contributed by atoms with van der Waals surface area (Å²) in [6, 6.07) is 17.3. The maximum Gasteiger partial charge on any atom is 0.416 e. The smallest absolute Gasteiger partial charge is 0.280 e. The molecule has 11 heteroatoms. The summed E-state index contributed by atoms with van der Waals surface area (Å²) in [4.78, 5) is 8.66. The molecule has 1 N–H and O–H groups in total. The fraction of sp³-hybridized carbons (Fsp3) is 0.0833. The zero-order valence-electron chi connectivity index (χ0n) is 17.8. The van der Waals surface area contributed by atoms with E-state index in [9.17, 15) is 21.6 Å². The van der Waals surface area contributed by atoms with Crippen LogP contribution in [-0.2, 0) is 16.2 Å². The van der Waals surface area contributed by atoms with Gasteiger partial charge in [-0.15, -0.1) is 11.3 Å². The third-order valence-corrected chi connectivity index (χ3v) is 8.21. The van der Waals surface area contributed by atoms with Crippen molar-refractivity contribution in [2.24, 2.45) is 0 Å². The number of fused-ring (bicyclic) bond motifs is 1. The van der Waals surface area contributed by atoms with E-state index in [0.29, 0.717) is 17.2 Å². The van der Waals surface area contributed by atoms with Crippen LogP contribution < -0.4 is 4.72 Å². The van der Waals surface area contributed by atoms with Crippen LogP contribution in [0.1, 0.15) is 22.9 Å². The second-order valence-electron chi connectivity index (χ2n) is 7.62. The number of benzene rings is 2. The summed E-state index contributed by atoms with van der Waals surface area (Å²) in [6.07, 6.45) is -1.40. The largest absolute Gasteiger partial charge is 0.416 e. The first-order chi connectivity index (χ1) is 16.7. The van der Waals surface area contributed by atoms with Gasteiger partial charge in [-0.05, 0) is 47.3 Å². The van der Waals surface area contributed by atoms with Gasteiger partial charge in [-0.1, -0.05) is 36.4 Å². The summed E-state index contributed by atoms with van der Waals surface area (Å²) in [7, 11) is -4.00. The number of hydrogen-bond acceptors (Lipinski definition) is 5. The summed E-state index contributed by atoms with van der Waals surface area (Å²) < 4.78 is 70.5. The second kappa shape index (κ2) is 8.91. The van der Waals surface area contributed by atoms with Gasteiger partial charge in [0.15, 0.2) is 0 Å². The van der Waals surface area contributed by atoms with Gasteiger partial charge in [-0.25, -0.2) is 18.4 Å². The molecule has 35 heavy (non-hydrogen) atoms. The second-order valence-corrected chi connectivity index (χ2v) is 10.5. The topological polar surface area (TPSA) is 76.9 Å². The van der Waals surface area contributed by atoms with E-state index in [-0.39, 0.29) is 4.21 Å². The highest BCUT2D eigenvalue weighted by Crippen LogP contribution is 2.34. The highest BCUT2D eigenvalue weighted by Gasteiger charge is 2.32. The Balaban J connectivity index is 1.72. The van der Waals surface area contributed by atoms with Crippen LogP contribution in [0.25, 0.3) is 16.9 Å². The number of alkyl halides is 3. The monoisotopic (exact) mass is 514 g/mol. The van der Waals surface area contributed by atoms with Crippen LogP contribution in [0.3, 0.4) is 0 Å². The zero-order valence-corrected chi connectivity index (χ0v) is 19.5. The zero-order chi connectivity index (χ0) is 24.6. The quantitative estimate of drug-likeness (QED) is 0.322. The van der Waals surface area contributed by atoms with Gasteiger partial charge in [0.05, 0.1) is 17.1 Å². The lowest BCUT2D eigenvalue weighted by Crippen LogP contribution is -2.30. The Kier molecular flexibility index (Phi) is 5.91. The lowest BCUT2D eigenvalue weighted by atomic mass is 10.0. The minimum absolute atomic E-state index is 0.0908. The number of nitrogens with zero attached hydrogens (tertiary/aromatic N) is 3. The van der Waals surface area contributed by atoms with Gasteiger partial charge in [-0.2, -0.15) is 17.9 Å². The van der Waals surface area contributed by atoms with Gasteiger partial charge >= 0.3 is 6.18 Å². The summed E-state index contributed by atoms with van der Waals surface area (Å²) in [6.45, 7) is 0. The van der Waals surface area contributed by atoms with Crippen molar-refractivity contribution in [3.05, 3.63) is 107 Å². The number of para-hydroxylation sites is 1.